The molecule has 2 rings (SSSR count). The standard InChI is InChI=1S/C12H9Cl2NO3/c1-18-11(17)4-10(16)7-5-15-9-3-6(13)2-8(14)12(7)9/h2-3,5,15H,4H2,1H3. The first-order valence-electron chi connectivity index (χ1n) is 5.09. The molecular weight excluding hydrogens is 277 g/mol. The first-order valence-corrected chi connectivity index (χ1v) is 5.84. The van der Waals surface area contributed by atoms with Gasteiger partial charge >= 0.3 is 5.97 Å². The van der Waals surface area contributed by atoms with Crippen molar-refractivity contribution in [3.63, 3.8) is 0 Å². The van der Waals surface area contributed by atoms with Gasteiger partial charge in [-0.15, -0.1) is 0 Å². The van der Waals surface area contributed by atoms with Crippen LogP contribution in [-0.2, 0) is 9.53 Å². The number of ketones is 1. The van der Waals surface area contributed by atoms with Crippen molar-refractivity contribution in [2.75, 3.05) is 7.11 Å². The highest BCUT2D eigenvalue weighted by atomic mass is 35.5. The van der Waals surface area contributed by atoms with E-state index < -0.39 is 5.97 Å². The van der Waals surface area contributed by atoms with Gasteiger partial charge in [-0.1, -0.05) is 23.2 Å². The third-order valence-electron chi connectivity index (χ3n) is 2.53. The van der Waals surface area contributed by atoms with Crippen LogP contribution in [0.2, 0.25) is 10.0 Å². The maximum atomic E-state index is 11.9. The fourth-order valence-electron chi connectivity index (χ4n) is 1.70. The molecule has 94 valence electrons. The Morgan fingerprint density at radius 3 is 2.72 bits per heavy atom. The lowest BCUT2D eigenvalue weighted by Crippen LogP contribution is -2.09. The van der Waals surface area contributed by atoms with E-state index in [1.165, 1.54) is 13.3 Å². The second-order valence-electron chi connectivity index (χ2n) is 3.69. The Balaban J connectivity index is 2.46. The normalized spacial score (nSPS) is 10.6. The van der Waals surface area contributed by atoms with Crippen LogP contribution in [0, 0.1) is 0 Å². The number of halogens is 2. The molecule has 0 unspecified atom stereocenters. The number of esters is 1. The lowest BCUT2D eigenvalue weighted by molar-refractivity contribution is -0.139. The van der Waals surface area contributed by atoms with E-state index in [2.05, 4.69) is 9.72 Å². The molecule has 0 aliphatic heterocycles. The van der Waals surface area contributed by atoms with Gasteiger partial charge in [-0.25, -0.2) is 0 Å². The zero-order valence-corrected chi connectivity index (χ0v) is 10.9. The summed E-state index contributed by atoms with van der Waals surface area (Å²) in [7, 11) is 1.23. The van der Waals surface area contributed by atoms with Gasteiger partial charge in [0.15, 0.2) is 5.78 Å². The second-order valence-corrected chi connectivity index (χ2v) is 4.53. The molecule has 0 amide bonds. The highest BCUT2D eigenvalue weighted by Crippen LogP contribution is 2.30. The fraction of sp³-hybridized carbons (Fsp3) is 0.167. The minimum atomic E-state index is -0.584. The summed E-state index contributed by atoms with van der Waals surface area (Å²) in [5.74, 6) is -0.934. The van der Waals surface area contributed by atoms with Gasteiger partial charge in [-0.05, 0) is 12.1 Å². The van der Waals surface area contributed by atoms with Crippen LogP contribution in [0.3, 0.4) is 0 Å². The van der Waals surface area contributed by atoms with Gasteiger partial charge in [0.1, 0.15) is 6.42 Å². The topological polar surface area (TPSA) is 59.2 Å². The molecule has 6 heteroatoms. The number of rotatable bonds is 3. The Morgan fingerprint density at radius 2 is 2.06 bits per heavy atom. The highest BCUT2D eigenvalue weighted by Gasteiger charge is 2.18. The molecule has 0 aliphatic carbocycles. The Labute approximate surface area is 113 Å². The molecule has 0 atom stereocenters. The molecule has 4 nitrogen and oxygen atoms in total. The minimum Gasteiger partial charge on any atom is -0.469 e. The summed E-state index contributed by atoms with van der Waals surface area (Å²) in [5, 5.41) is 1.41. The van der Waals surface area contributed by atoms with Gasteiger partial charge < -0.3 is 9.72 Å². The lowest BCUT2D eigenvalue weighted by Gasteiger charge is -2.01. The Morgan fingerprint density at radius 1 is 1.33 bits per heavy atom. The number of Topliss-reactive ketones (excluding diaryl/α,β-unsaturated/α-hetero) is 1. The third-order valence-corrected chi connectivity index (χ3v) is 3.05. The Hall–Kier alpha value is -1.52. The Bertz CT molecular complexity index is 634. The largest absolute Gasteiger partial charge is 0.469 e. The quantitative estimate of drug-likeness (QED) is 0.535. The summed E-state index contributed by atoms with van der Waals surface area (Å²) in [5.41, 5.74) is 1.01. The number of H-pyrrole nitrogens is 1. The third kappa shape index (κ3) is 2.35. The number of ether oxygens (including phenoxy) is 1. The van der Waals surface area contributed by atoms with Crippen LogP contribution < -0.4 is 0 Å². The molecule has 2 aromatic rings. The zero-order chi connectivity index (χ0) is 13.3. The molecule has 1 aromatic heterocycles. The van der Waals surface area contributed by atoms with Crippen LogP contribution in [0.5, 0.6) is 0 Å². The fourth-order valence-corrected chi connectivity index (χ4v) is 2.30. The number of methoxy groups -OCH3 is 1. The van der Waals surface area contributed by atoms with E-state index >= 15 is 0 Å². The average molecular weight is 286 g/mol. The number of benzene rings is 1. The molecule has 0 radical (unpaired) electrons. The highest BCUT2D eigenvalue weighted by molar-refractivity contribution is 6.39. The number of hydrogen-bond donors (Lipinski definition) is 1. The van der Waals surface area contributed by atoms with Crippen LogP contribution in [0.1, 0.15) is 16.8 Å². The first-order chi connectivity index (χ1) is 8.52. The van der Waals surface area contributed by atoms with Crippen molar-refractivity contribution in [3.8, 4) is 0 Å². The summed E-state index contributed by atoms with van der Waals surface area (Å²) >= 11 is 11.9. The molecule has 0 aliphatic rings. The summed E-state index contributed by atoms with van der Waals surface area (Å²) in [4.78, 5) is 25.9. The van der Waals surface area contributed by atoms with Gasteiger partial charge in [0.05, 0.1) is 12.1 Å². The van der Waals surface area contributed by atoms with Crippen molar-refractivity contribution < 1.29 is 14.3 Å². The van der Waals surface area contributed by atoms with Crippen LogP contribution >= 0.6 is 23.2 Å². The van der Waals surface area contributed by atoms with Crippen molar-refractivity contribution >= 4 is 45.9 Å². The zero-order valence-electron chi connectivity index (χ0n) is 9.42. The molecule has 0 saturated carbocycles. The summed E-state index contributed by atoms with van der Waals surface area (Å²) in [6.45, 7) is 0. The average Bonchev–Trinajstić information content (AvgIpc) is 2.72. The summed E-state index contributed by atoms with van der Waals surface area (Å²) < 4.78 is 4.46. The molecule has 1 heterocycles. The van der Waals surface area contributed by atoms with E-state index in [4.69, 9.17) is 23.2 Å². The first kappa shape index (κ1) is 12.9. The van der Waals surface area contributed by atoms with Crippen LogP contribution in [0.4, 0.5) is 0 Å². The monoisotopic (exact) mass is 285 g/mol. The predicted octanol–water partition coefficient (Wildman–Crippen LogP) is 3.22. The predicted molar refractivity (Wildman–Crippen MR) is 69.3 cm³/mol. The van der Waals surface area contributed by atoms with Crippen LogP contribution in [0.25, 0.3) is 10.9 Å². The molecule has 0 fully saturated rings. The van der Waals surface area contributed by atoms with E-state index in [1.807, 2.05) is 0 Å². The van der Waals surface area contributed by atoms with Crippen molar-refractivity contribution in [2.45, 2.75) is 6.42 Å². The number of fused-ring (bicyclic) bond motifs is 1. The van der Waals surface area contributed by atoms with E-state index in [0.717, 1.165) is 0 Å². The van der Waals surface area contributed by atoms with Crippen molar-refractivity contribution in [3.05, 3.63) is 33.9 Å². The molecule has 0 saturated heterocycles. The number of carbonyl (C=O) groups excluding carboxylic acids is 2. The Kier molecular flexibility index (Phi) is 3.59. The maximum absolute atomic E-state index is 11.9. The summed E-state index contributed by atoms with van der Waals surface area (Å²) in [6, 6.07) is 3.21. The van der Waals surface area contributed by atoms with Gasteiger partial charge in [-0.2, -0.15) is 0 Å². The number of hydrogen-bond acceptors (Lipinski definition) is 3. The van der Waals surface area contributed by atoms with Crippen LogP contribution in [0.15, 0.2) is 18.3 Å². The number of aromatic amines is 1. The van der Waals surface area contributed by atoms with Crippen molar-refractivity contribution in [1.29, 1.82) is 0 Å². The number of nitrogens with one attached hydrogen (secondary N) is 1. The molecule has 0 spiro atoms. The molecule has 1 aromatic carbocycles. The molecule has 18 heavy (non-hydrogen) atoms. The van der Waals surface area contributed by atoms with Crippen molar-refractivity contribution in [2.24, 2.45) is 0 Å². The SMILES string of the molecule is COC(=O)CC(=O)c1c[nH]c2cc(Cl)cc(Cl)c12. The molecular formula is C12H9Cl2NO3. The number of aromatic nitrogens is 1. The number of carbonyl (C=O) groups is 2. The second kappa shape index (κ2) is 5.00. The van der Waals surface area contributed by atoms with E-state index in [1.54, 1.807) is 12.1 Å². The molecule has 1 N–H and O–H groups in total. The molecule has 0 bridgehead atoms. The van der Waals surface area contributed by atoms with Gasteiger partial charge in [0.25, 0.3) is 0 Å². The van der Waals surface area contributed by atoms with Gasteiger partial charge in [0.2, 0.25) is 0 Å². The lowest BCUT2D eigenvalue weighted by atomic mass is 10.1. The van der Waals surface area contributed by atoms with E-state index in [-0.39, 0.29) is 12.2 Å². The van der Waals surface area contributed by atoms with Gasteiger partial charge in [0, 0.05) is 27.7 Å². The van der Waals surface area contributed by atoms with E-state index in [0.29, 0.717) is 26.5 Å². The summed E-state index contributed by atoms with van der Waals surface area (Å²) in [6.07, 6.45) is 1.19. The van der Waals surface area contributed by atoms with Gasteiger partial charge in [-0.3, -0.25) is 9.59 Å². The van der Waals surface area contributed by atoms with E-state index in [9.17, 15) is 9.59 Å². The van der Waals surface area contributed by atoms with Crippen molar-refractivity contribution in [1.82, 2.24) is 4.98 Å². The smallest absolute Gasteiger partial charge is 0.313 e. The van der Waals surface area contributed by atoms with Crippen LogP contribution in [-0.4, -0.2) is 23.8 Å². The maximum Gasteiger partial charge on any atom is 0.313 e. The minimum absolute atomic E-state index is 0.317.